The summed E-state index contributed by atoms with van der Waals surface area (Å²) in [5.41, 5.74) is 1.18. The molecule has 4 heteroatoms. The number of hydrogen-bond acceptors (Lipinski definition) is 4. The molecule has 21 heavy (non-hydrogen) atoms. The number of benzene rings is 1. The summed E-state index contributed by atoms with van der Waals surface area (Å²) in [5, 5.41) is 11.9. The Kier molecular flexibility index (Phi) is 8.30. The van der Waals surface area contributed by atoms with Gasteiger partial charge in [-0.25, -0.2) is 0 Å². The fourth-order valence-electron chi connectivity index (χ4n) is 1.86. The predicted molar refractivity (Wildman–Crippen MR) is 84.5 cm³/mol. The van der Waals surface area contributed by atoms with Crippen LogP contribution in [0.3, 0.4) is 0 Å². The minimum absolute atomic E-state index is 0.455. The van der Waals surface area contributed by atoms with Crippen molar-refractivity contribution in [2.75, 3.05) is 13.2 Å². The zero-order valence-corrected chi connectivity index (χ0v) is 13.3. The van der Waals surface area contributed by atoms with Gasteiger partial charge >= 0.3 is 0 Å². The third-order valence-electron chi connectivity index (χ3n) is 2.96. The van der Waals surface area contributed by atoms with Crippen LogP contribution in [-0.2, 0) is 6.54 Å². The van der Waals surface area contributed by atoms with Crippen LogP contribution in [0, 0.1) is 11.3 Å². The van der Waals surface area contributed by atoms with Crippen molar-refractivity contribution in [3.8, 4) is 17.6 Å². The first-order chi connectivity index (χ1) is 10.2. The number of nitrogens with zero attached hydrogens (tertiary/aromatic N) is 1. The number of rotatable bonds is 10. The van der Waals surface area contributed by atoms with Crippen molar-refractivity contribution in [1.29, 1.82) is 5.26 Å². The van der Waals surface area contributed by atoms with Crippen LogP contribution < -0.4 is 14.8 Å². The van der Waals surface area contributed by atoms with Gasteiger partial charge in [-0.05, 0) is 37.5 Å². The highest BCUT2D eigenvalue weighted by Gasteiger charge is 2.07. The molecule has 0 aliphatic rings. The molecule has 0 atom stereocenters. The van der Waals surface area contributed by atoms with Crippen LogP contribution in [0.2, 0.25) is 0 Å². The van der Waals surface area contributed by atoms with Crippen molar-refractivity contribution < 1.29 is 9.47 Å². The summed E-state index contributed by atoms with van der Waals surface area (Å²) in [5.74, 6) is 1.57. The number of nitrogens with one attached hydrogen (secondary N) is 1. The molecule has 0 aliphatic carbocycles. The highest BCUT2D eigenvalue weighted by atomic mass is 16.5. The largest absolute Gasteiger partial charge is 0.490 e. The first-order valence-corrected chi connectivity index (χ1v) is 7.66. The Morgan fingerprint density at radius 1 is 1.19 bits per heavy atom. The van der Waals surface area contributed by atoms with Gasteiger partial charge in [0, 0.05) is 19.0 Å². The van der Waals surface area contributed by atoms with E-state index in [1.165, 1.54) is 5.56 Å². The molecule has 0 heterocycles. The van der Waals surface area contributed by atoms with Crippen molar-refractivity contribution in [3.05, 3.63) is 23.8 Å². The second-order valence-electron chi connectivity index (χ2n) is 5.21. The van der Waals surface area contributed by atoms with Crippen molar-refractivity contribution in [1.82, 2.24) is 5.32 Å². The van der Waals surface area contributed by atoms with Gasteiger partial charge in [-0.2, -0.15) is 5.26 Å². The Balaban J connectivity index is 2.59. The highest BCUT2D eigenvalue weighted by molar-refractivity contribution is 5.43. The van der Waals surface area contributed by atoms with Crippen LogP contribution in [0.25, 0.3) is 0 Å². The monoisotopic (exact) mass is 290 g/mol. The van der Waals surface area contributed by atoms with Crippen LogP contribution >= 0.6 is 0 Å². The van der Waals surface area contributed by atoms with E-state index in [4.69, 9.17) is 14.7 Å². The Bertz CT molecular complexity index is 453. The maximum Gasteiger partial charge on any atom is 0.161 e. The molecule has 1 aromatic carbocycles. The van der Waals surface area contributed by atoms with Gasteiger partial charge in [0.15, 0.2) is 11.5 Å². The molecule has 0 aromatic heterocycles. The fraction of sp³-hybridized carbons (Fsp3) is 0.588. The maximum atomic E-state index is 8.50. The highest BCUT2D eigenvalue weighted by Crippen LogP contribution is 2.28. The smallest absolute Gasteiger partial charge is 0.161 e. The number of ether oxygens (including phenoxy) is 2. The van der Waals surface area contributed by atoms with Crippen LogP contribution in [0.5, 0.6) is 11.5 Å². The first-order valence-electron chi connectivity index (χ1n) is 7.66. The lowest BCUT2D eigenvalue weighted by molar-refractivity contribution is 0.271. The van der Waals surface area contributed by atoms with E-state index in [0.717, 1.165) is 30.9 Å². The fourth-order valence-corrected chi connectivity index (χ4v) is 1.86. The van der Waals surface area contributed by atoms with E-state index >= 15 is 0 Å². The third kappa shape index (κ3) is 7.01. The van der Waals surface area contributed by atoms with Gasteiger partial charge in [0.1, 0.15) is 0 Å². The zero-order chi connectivity index (χ0) is 15.5. The molecule has 4 nitrogen and oxygen atoms in total. The van der Waals surface area contributed by atoms with Crippen molar-refractivity contribution >= 4 is 0 Å². The summed E-state index contributed by atoms with van der Waals surface area (Å²) in [6, 6.07) is 8.65. The number of hydrogen-bond donors (Lipinski definition) is 1. The molecule has 0 fully saturated rings. The third-order valence-corrected chi connectivity index (χ3v) is 2.96. The molecule has 0 amide bonds. The minimum Gasteiger partial charge on any atom is -0.490 e. The molecule has 0 unspecified atom stereocenters. The summed E-state index contributed by atoms with van der Waals surface area (Å²) in [6.07, 6.45) is 2.34. The Morgan fingerprint density at radius 3 is 2.67 bits per heavy atom. The van der Waals surface area contributed by atoms with Gasteiger partial charge in [-0.1, -0.05) is 19.9 Å². The average molecular weight is 290 g/mol. The van der Waals surface area contributed by atoms with E-state index in [1.807, 2.05) is 19.1 Å². The minimum atomic E-state index is 0.455. The van der Waals surface area contributed by atoms with Gasteiger partial charge in [0.05, 0.1) is 19.3 Å². The van der Waals surface area contributed by atoms with Gasteiger partial charge in [-0.3, -0.25) is 0 Å². The summed E-state index contributed by atoms with van der Waals surface area (Å²) in [7, 11) is 0. The van der Waals surface area contributed by atoms with Crippen molar-refractivity contribution in [2.24, 2.45) is 0 Å². The maximum absolute atomic E-state index is 8.50. The molecule has 116 valence electrons. The molecule has 0 spiro atoms. The van der Waals surface area contributed by atoms with Crippen molar-refractivity contribution in [2.45, 2.75) is 52.6 Å². The second kappa shape index (κ2) is 10.1. The second-order valence-corrected chi connectivity index (χ2v) is 5.21. The lowest BCUT2D eigenvalue weighted by Crippen LogP contribution is -2.21. The van der Waals surface area contributed by atoms with E-state index in [9.17, 15) is 0 Å². The van der Waals surface area contributed by atoms with E-state index in [0.29, 0.717) is 25.7 Å². The Hall–Kier alpha value is -1.73. The average Bonchev–Trinajstić information content (AvgIpc) is 2.47. The summed E-state index contributed by atoms with van der Waals surface area (Å²) >= 11 is 0. The zero-order valence-electron chi connectivity index (χ0n) is 13.3. The molecule has 1 aromatic rings. The lowest BCUT2D eigenvalue weighted by atomic mass is 10.2. The number of nitriles is 1. The topological polar surface area (TPSA) is 54.3 Å². The molecule has 1 N–H and O–H groups in total. The Labute approximate surface area is 128 Å². The lowest BCUT2D eigenvalue weighted by Gasteiger charge is -2.14. The predicted octanol–water partition coefficient (Wildman–Crippen LogP) is 3.66. The van der Waals surface area contributed by atoms with E-state index in [-0.39, 0.29) is 0 Å². The molecule has 1 rings (SSSR count). The van der Waals surface area contributed by atoms with E-state index in [2.05, 4.69) is 31.3 Å². The molecule has 0 bridgehead atoms. The van der Waals surface area contributed by atoms with Gasteiger partial charge < -0.3 is 14.8 Å². The summed E-state index contributed by atoms with van der Waals surface area (Å²) < 4.78 is 11.4. The standard InChI is InChI=1S/C17H26N2O2/c1-4-20-17-12-15(13-19-14(2)3)8-9-16(17)21-11-7-5-6-10-18/h8-9,12,14,19H,4-7,11,13H2,1-3H3. The normalized spacial score (nSPS) is 10.4. The van der Waals surface area contributed by atoms with Crippen LogP contribution in [-0.4, -0.2) is 19.3 Å². The molecule has 0 aliphatic heterocycles. The summed E-state index contributed by atoms with van der Waals surface area (Å²) in [6.45, 7) is 8.28. The van der Waals surface area contributed by atoms with Gasteiger partial charge in [0.25, 0.3) is 0 Å². The van der Waals surface area contributed by atoms with Gasteiger partial charge in [-0.15, -0.1) is 0 Å². The quantitative estimate of drug-likeness (QED) is 0.668. The molecule has 0 saturated carbocycles. The van der Waals surface area contributed by atoms with Crippen LogP contribution in [0.4, 0.5) is 0 Å². The summed E-state index contributed by atoms with van der Waals surface area (Å²) in [4.78, 5) is 0. The molecular weight excluding hydrogens is 264 g/mol. The van der Waals surface area contributed by atoms with Gasteiger partial charge in [0.2, 0.25) is 0 Å². The molecule has 0 saturated heterocycles. The molecule has 0 radical (unpaired) electrons. The van der Waals surface area contributed by atoms with Crippen molar-refractivity contribution in [3.63, 3.8) is 0 Å². The van der Waals surface area contributed by atoms with E-state index in [1.54, 1.807) is 0 Å². The number of unbranched alkanes of at least 4 members (excludes halogenated alkanes) is 2. The van der Waals surface area contributed by atoms with Crippen LogP contribution in [0.1, 0.15) is 45.6 Å². The van der Waals surface area contributed by atoms with Crippen LogP contribution in [0.15, 0.2) is 18.2 Å². The SMILES string of the molecule is CCOc1cc(CNC(C)C)ccc1OCCCCC#N. The Morgan fingerprint density at radius 2 is 2.00 bits per heavy atom. The molecular formula is C17H26N2O2. The first kappa shape index (κ1) is 17.3. The van der Waals surface area contributed by atoms with E-state index < -0.39 is 0 Å².